The van der Waals surface area contributed by atoms with Crippen molar-refractivity contribution in [1.29, 1.82) is 10.5 Å². The van der Waals surface area contributed by atoms with Crippen LogP contribution in [-0.4, -0.2) is 6.04 Å². The Bertz CT molecular complexity index is 291. The summed E-state index contributed by atoms with van der Waals surface area (Å²) in [6.07, 6.45) is 5.54. The maximum Gasteiger partial charge on any atom is 0.0662 e. The third-order valence-corrected chi connectivity index (χ3v) is 4.21. The summed E-state index contributed by atoms with van der Waals surface area (Å²) in [6, 6.07) is 4.88. The molecule has 0 aliphatic heterocycles. The Morgan fingerprint density at radius 1 is 1.06 bits per heavy atom. The van der Waals surface area contributed by atoms with Crippen LogP contribution in [0, 0.1) is 39.9 Å². The highest BCUT2D eigenvalue weighted by Gasteiger charge is 2.48. The van der Waals surface area contributed by atoms with Gasteiger partial charge in [0.1, 0.15) is 0 Å². The highest BCUT2D eigenvalue weighted by molar-refractivity contribution is 5.11. The average molecular weight is 233 g/mol. The first-order valence-electron chi connectivity index (χ1n) is 6.69. The van der Waals surface area contributed by atoms with Crippen molar-refractivity contribution in [3.05, 3.63) is 0 Å². The van der Waals surface area contributed by atoms with Gasteiger partial charge in [-0.1, -0.05) is 26.7 Å². The van der Waals surface area contributed by atoms with Gasteiger partial charge in [-0.2, -0.15) is 10.5 Å². The van der Waals surface area contributed by atoms with Gasteiger partial charge < -0.3 is 5.73 Å². The second-order valence-electron chi connectivity index (χ2n) is 5.33. The molecule has 2 unspecified atom stereocenters. The lowest BCUT2D eigenvalue weighted by Gasteiger charge is -2.46. The number of hydrogen-bond donors (Lipinski definition) is 1. The minimum Gasteiger partial charge on any atom is -0.328 e. The Morgan fingerprint density at radius 2 is 1.47 bits per heavy atom. The van der Waals surface area contributed by atoms with E-state index in [1.807, 2.05) is 0 Å². The van der Waals surface area contributed by atoms with Gasteiger partial charge in [0.15, 0.2) is 0 Å². The third-order valence-electron chi connectivity index (χ3n) is 4.21. The Labute approximate surface area is 105 Å². The van der Waals surface area contributed by atoms with E-state index < -0.39 is 0 Å². The van der Waals surface area contributed by atoms with Crippen LogP contribution in [0.25, 0.3) is 0 Å². The fraction of sp³-hybridized carbons (Fsp3) is 0.857. The predicted molar refractivity (Wildman–Crippen MR) is 67.7 cm³/mol. The Morgan fingerprint density at radius 3 is 1.76 bits per heavy atom. The van der Waals surface area contributed by atoms with Crippen molar-refractivity contribution in [2.75, 3.05) is 0 Å². The molecule has 0 radical (unpaired) electrons. The van der Waals surface area contributed by atoms with Gasteiger partial charge in [-0.3, -0.25) is 0 Å². The molecule has 3 heteroatoms. The van der Waals surface area contributed by atoms with E-state index in [2.05, 4.69) is 26.0 Å². The lowest BCUT2D eigenvalue weighted by Crippen LogP contribution is -2.47. The summed E-state index contributed by atoms with van der Waals surface area (Å²) in [5.41, 5.74) is 5.87. The van der Waals surface area contributed by atoms with Gasteiger partial charge in [-0.05, 0) is 25.7 Å². The molecule has 1 rings (SSSR count). The molecule has 0 aromatic heterocycles. The van der Waals surface area contributed by atoms with Crippen molar-refractivity contribution in [2.24, 2.45) is 23.0 Å². The van der Waals surface area contributed by atoms with Crippen molar-refractivity contribution in [3.63, 3.8) is 0 Å². The zero-order chi connectivity index (χ0) is 12.9. The summed E-state index contributed by atoms with van der Waals surface area (Å²) < 4.78 is 0. The SMILES string of the molecule is CCCC1(CCC)C(C#N)CC(N)CC1C#N. The normalized spacial score (nSPS) is 31.5. The maximum absolute atomic E-state index is 9.40. The van der Waals surface area contributed by atoms with Crippen molar-refractivity contribution in [3.8, 4) is 12.1 Å². The molecule has 0 heterocycles. The van der Waals surface area contributed by atoms with Crippen LogP contribution in [0.3, 0.4) is 0 Å². The molecule has 2 N–H and O–H groups in total. The van der Waals surface area contributed by atoms with Gasteiger partial charge in [0.25, 0.3) is 0 Å². The molecule has 0 aromatic rings. The van der Waals surface area contributed by atoms with Gasteiger partial charge in [-0.25, -0.2) is 0 Å². The molecule has 0 aromatic carbocycles. The van der Waals surface area contributed by atoms with E-state index in [0.717, 1.165) is 38.5 Å². The van der Waals surface area contributed by atoms with E-state index >= 15 is 0 Å². The summed E-state index contributed by atoms with van der Waals surface area (Å²) >= 11 is 0. The van der Waals surface area contributed by atoms with Crippen LogP contribution in [0.5, 0.6) is 0 Å². The van der Waals surface area contributed by atoms with Crippen LogP contribution in [-0.2, 0) is 0 Å². The molecule has 1 aliphatic carbocycles. The quantitative estimate of drug-likeness (QED) is 0.811. The first-order valence-corrected chi connectivity index (χ1v) is 6.69. The first-order chi connectivity index (χ1) is 8.14. The van der Waals surface area contributed by atoms with E-state index in [0.29, 0.717) is 0 Å². The molecular formula is C14H23N3. The molecule has 2 atom stereocenters. The number of rotatable bonds is 4. The standard InChI is InChI=1S/C14H23N3/c1-3-5-14(6-4-2)11(9-15)7-13(17)8-12(14)10-16/h11-13H,3-8,17H2,1-2H3. The third kappa shape index (κ3) is 2.61. The minimum absolute atomic E-state index is 0.0196. The van der Waals surface area contributed by atoms with Crippen molar-refractivity contribution < 1.29 is 0 Å². The van der Waals surface area contributed by atoms with Crippen molar-refractivity contribution in [2.45, 2.75) is 58.4 Å². The van der Waals surface area contributed by atoms with Crippen LogP contribution >= 0.6 is 0 Å². The summed E-state index contributed by atoms with van der Waals surface area (Å²) in [4.78, 5) is 0. The molecule has 17 heavy (non-hydrogen) atoms. The van der Waals surface area contributed by atoms with Crippen LogP contribution in [0.2, 0.25) is 0 Å². The maximum atomic E-state index is 9.40. The Kier molecular flexibility index (Phi) is 4.97. The summed E-state index contributed by atoms with van der Waals surface area (Å²) in [7, 11) is 0. The van der Waals surface area contributed by atoms with Crippen LogP contribution in [0.4, 0.5) is 0 Å². The smallest absolute Gasteiger partial charge is 0.0662 e. The van der Waals surface area contributed by atoms with Gasteiger partial charge >= 0.3 is 0 Å². The molecule has 3 nitrogen and oxygen atoms in total. The van der Waals surface area contributed by atoms with Gasteiger partial charge in [0.05, 0.1) is 24.0 Å². The zero-order valence-electron chi connectivity index (χ0n) is 10.9. The molecule has 0 bridgehead atoms. The van der Waals surface area contributed by atoms with E-state index in [-0.39, 0.29) is 23.3 Å². The van der Waals surface area contributed by atoms with Gasteiger partial charge in [0.2, 0.25) is 0 Å². The predicted octanol–water partition coefficient (Wildman–Crippen LogP) is 2.97. The van der Waals surface area contributed by atoms with Crippen LogP contribution in [0.1, 0.15) is 52.4 Å². The second kappa shape index (κ2) is 6.03. The topological polar surface area (TPSA) is 73.6 Å². The highest BCUT2D eigenvalue weighted by Crippen LogP contribution is 2.51. The largest absolute Gasteiger partial charge is 0.328 e. The molecule has 94 valence electrons. The summed E-state index contributed by atoms with van der Waals surface area (Å²) in [5.74, 6) is -0.0911. The number of nitrogens with two attached hydrogens (primary N) is 1. The molecule has 0 saturated heterocycles. The van der Waals surface area contributed by atoms with Crippen molar-refractivity contribution in [1.82, 2.24) is 0 Å². The minimum atomic E-state index is -0.108. The van der Waals surface area contributed by atoms with Gasteiger partial charge in [-0.15, -0.1) is 0 Å². The number of nitrogens with zero attached hydrogens (tertiary/aromatic N) is 2. The Hall–Kier alpha value is -1.06. The van der Waals surface area contributed by atoms with Crippen LogP contribution in [0.15, 0.2) is 0 Å². The molecular weight excluding hydrogens is 210 g/mol. The van der Waals surface area contributed by atoms with E-state index in [4.69, 9.17) is 5.73 Å². The fourth-order valence-corrected chi connectivity index (χ4v) is 3.53. The fourth-order valence-electron chi connectivity index (χ4n) is 3.53. The second-order valence-corrected chi connectivity index (χ2v) is 5.33. The van der Waals surface area contributed by atoms with Crippen molar-refractivity contribution >= 4 is 0 Å². The molecule has 1 fully saturated rings. The first kappa shape index (κ1) is 14.0. The van der Waals surface area contributed by atoms with E-state index in [9.17, 15) is 10.5 Å². The Balaban J connectivity index is 3.08. The summed E-state index contributed by atoms with van der Waals surface area (Å²) in [6.45, 7) is 4.27. The summed E-state index contributed by atoms with van der Waals surface area (Å²) in [5, 5.41) is 18.8. The van der Waals surface area contributed by atoms with Crippen LogP contribution < -0.4 is 5.73 Å². The van der Waals surface area contributed by atoms with E-state index in [1.165, 1.54) is 0 Å². The lowest BCUT2D eigenvalue weighted by atomic mass is 9.56. The monoisotopic (exact) mass is 233 g/mol. The number of nitriles is 2. The molecule has 0 amide bonds. The zero-order valence-corrected chi connectivity index (χ0v) is 10.9. The van der Waals surface area contributed by atoms with Gasteiger partial charge in [0, 0.05) is 11.5 Å². The highest BCUT2D eigenvalue weighted by atomic mass is 14.7. The molecule has 0 spiro atoms. The molecule has 1 saturated carbocycles. The van der Waals surface area contributed by atoms with E-state index in [1.54, 1.807) is 0 Å². The lowest BCUT2D eigenvalue weighted by molar-refractivity contribution is 0.0514. The molecule has 1 aliphatic rings. The number of hydrogen-bond acceptors (Lipinski definition) is 3. The average Bonchev–Trinajstić information content (AvgIpc) is 2.32.